The number of aromatic nitrogens is 12. The normalized spacial score (nSPS) is 10.9. The van der Waals surface area contributed by atoms with Gasteiger partial charge in [0, 0.05) is 100 Å². The van der Waals surface area contributed by atoms with Crippen LogP contribution in [0.5, 0.6) is 0 Å². The summed E-state index contributed by atoms with van der Waals surface area (Å²) in [5.74, 6) is 0. The first-order chi connectivity index (χ1) is 42.5. The molecule has 0 aromatic carbocycles. The Morgan fingerprint density at radius 3 is 0.284 bits per heavy atom. The van der Waals surface area contributed by atoms with Crippen molar-refractivity contribution in [3.8, 4) is 0 Å². The molecule has 0 fully saturated rings. The first-order valence-corrected chi connectivity index (χ1v) is 34.3. The summed E-state index contributed by atoms with van der Waals surface area (Å²) in [5.41, 5.74) is 24.8. The molecule has 12 aromatic rings. The standard InChI is InChI=1S/4C18H18N3P/c4*1-13-7-4-10-16(19-13)22(17-11-5-8-14(2)20-17)18-12-6-9-15(3)21-18/h4*4-12H,1-3H3. The van der Waals surface area contributed by atoms with Crippen LogP contribution < -0.4 is 65.2 Å². The van der Waals surface area contributed by atoms with Crippen molar-refractivity contribution >= 4 is 96.9 Å². The summed E-state index contributed by atoms with van der Waals surface area (Å²) in [6, 6.07) is 73.8. The highest BCUT2D eigenvalue weighted by Gasteiger charge is 2.25. The molecule has 12 heterocycles. The topological polar surface area (TPSA) is 155 Å². The van der Waals surface area contributed by atoms with Crippen LogP contribution in [0.25, 0.3) is 0 Å². The second kappa shape index (κ2) is 30.9. The van der Waals surface area contributed by atoms with Crippen molar-refractivity contribution in [3.05, 3.63) is 287 Å². The number of nitrogens with zero attached hydrogens (tertiary/aromatic N) is 12. The van der Waals surface area contributed by atoms with Crippen LogP contribution in [0.3, 0.4) is 0 Å². The summed E-state index contributed by atoms with van der Waals surface area (Å²) in [6.45, 7) is 24.2. The fourth-order valence-electron chi connectivity index (χ4n) is 9.25. The maximum atomic E-state index is 4.73. The van der Waals surface area contributed by atoms with Crippen molar-refractivity contribution in [2.45, 2.75) is 83.1 Å². The van der Waals surface area contributed by atoms with Crippen LogP contribution in [0.4, 0.5) is 0 Å². The molecule has 0 aliphatic rings. The highest BCUT2D eigenvalue weighted by Crippen LogP contribution is 2.34. The Morgan fingerprint density at radius 1 is 0.136 bits per heavy atom. The van der Waals surface area contributed by atoms with Gasteiger partial charge in [0.1, 0.15) is 0 Å². The molecule has 16 heteroatoms. The van der Waals surface area contributed by atoms with Crippen LogP contribution in [0.2, 0.25) is 0 Å². The first kappa shape index (κ1) is 64.0. The minimum Gasteiger partial charge on any atom is -0.253 e. The Balaban J connectivity index is 0.000000140. The molecule has 12 rings (SSSR count). The Morgan fingerprint density at radius 2 is 0.216 bits per heavy atom. The van der Waals surface area contributed by atoms with E-state index in [1.165, 1.54) is 0 Å². The molecule has 0 spiro atoms. The summed E-state index contributed by atoms with van der Waals surface area (Å²) in [7, 11) is -3.31. The summed E-state index contributed by atoms with van der Waals surface area (Å²) in [4.78, 5) is 56.8. The molecule has 12 nitrogen and oxygen atoms in total. The van der Waals surface area contributed by atoms with Gasteiger partial charge in [-0.3, -0.25) is 59.8 Å². The van der Waals surface area contributed by atoms with E-state index in [1.807, 2.05) is 156 Å². The average Bonchev–Trinajstić information content (AvgIpc) is 2.34. The largest absolute Gasteiger partial charge is 0.253 e. The van der Waals surface area contributed by atoms with Crippen LogP contribution >= 0.6 is 31.7 Å². The summed E-state index contributed by atoms with van der Waals surface area (Å²) >= 11 is 0. The van der Waals surface area contributed by atoms with Crippen LogP contribution in [-0.2, 0) is 0 Å². The molecule has 0 N–H and O–H groups in total. The SMILES string of the molecule is Cc1cccc(P(c2cccc(C)n2)c2cccc(C)n2)n1.Cc1cccc(P(c2cccc(C)n2)c2cccc(C)n2)n1.Cc1cccc(P(c2cccc(C)n2)c2cccc(C)n2)n1.Cc1cccc(P(c2cccc(C)n2)c2cccc(C)n2)n1. The second-order valence-electron chi connectivity index (χ2n) is 21.0. The zero-order valence-corrected chi connectivity index (χ0v) is 55.5. The average molecular weight is 1230 g/mol. The summed E-state index contributed by atoms with van der Waals surface area (Å²) < 4.78 is 0. The smallest absolute Gasteiger partial charge is 0.0756 e. The van der Waals surface area contributed by atoms with Crippen molar-refractivity contribution in [2.24, 2.45) is 0 Å². The predicted molar refractivity (Wildman–Crippen MR) is 371 cm³/mol. The lowest BCUT2D eigenvalue weighted by Gasteiger charge is -2.17. The second-order valence-corrected chi connectivity index (χ2v) is 29.2. The molecular weight excluding hydrogens is 1160 g/mol. The fraction of sp³-hybridized carbons (Fsp3) is 0.167. The molecule has 0 bridgehead atoms. The van der Waals surface area contributed by atoms with Crippen LogP contribution in [0.15, 0.2) is 218 Å². The fourth-order valence-corrected chi connectivity index (χ4v) is 18.0. The highest BCUT2D eigenvalue weighted by atomic mass is 31.1. The summed E-state index contributed by atoms with van der Waals surface area (Å²) in [5, 5.41) is 0. The van der Waals surface area contributed by atoms with Gasteiger partial charge in [0.2, 0.25) is 0 Å². The predicted octanol–water partition coefficient (Wildman–Crippen LogP) is 10.2. The number of pyridine rings is 12. The molecule has 0 saturated carbocycles. The van der Waals surface area contributed by atoms with Gasteiger partial charge in [-0.1, -0.05) is 72.8 Å². The molecule has 0 atom stereocenters. The third-order valence-electron chi connectivity index (χ3n) is 13.2. The lowest BCUT2D eigenvalue weighted by Crippen LogP contribution is -2.27. The molecule has 0 aliphatic carbocycles. The molecule has 0 amide bonds. The lowest BCUT2D eigenvalue weighted by molar-refractivity contribution is 1.22. The molecule has 0 unspecified atom stereocenters. The minimum atomic E-state index is -0.828. The molecule has 0 radical (unpaired) electrons. The van der Waals surface area contributed by atoms with Crippen molar-refractivity contribution in [1.82, 2.24) is 59.8 Å². The van der Waals surface area contributed by atoms with Crippen LogP contribution in [0.1, 0.15) is 68.3 Å². The van der Waals surface area contributed by atoms with E-state index in [0.717, 1.165) is 134 Å². The quantitative estimate of drug-likeness (QED) is 0.107. The van der Waals surface area contributed by atoms with Gasteiger partial charge >= 0.3 is 0 Å². The number of hydrogen-bond acceptors (Lipinski definition) is 12. The zero-order valence-electron chi connectivity index (χ0n) is 51.9. The molecule has 440 valence electrons. The molecule has 88 heavy (non-hydrogen) atoms. The van der Waals surface area contributed by atoms with Crippen molar-refractivity contribution < 1.29 is 0 Å². The Bertz CT molecular complexity index is 3320. The Labute approximate surface area is 523 Å². The third kappa shape index (κ3) is 17.8. The third-order valence-corrected chi connectivity index (χ3v) is 21.7. The Kier molecular flexibility index (Phi) is 22.5. The zero-order chi connectivity index (χ0) is 62.1. The van der Waals surface area contributed by atoms with Gasteiger partial charge in [0.15, 0.2) is 0 Å². The number of hydrogen-bond donors (Lipinski definition) is 0. The van der Waals surface area contributed by atoms with E-state index < -0.39 is 31.7 Å². The maximum absolute atomic E-state index is 4.73. The van der Waals surface area contributed by atoms with Crippen LogP contribution in [-0.4, -0.2) is 59.8 Å². The highest BCUT2D eigenvalue weighted by molar-refractivity contribution is 7.80. The van der Waals surface area contributed by atoms with Gasteiger partial charge in [-0.25, -0.2) is 0 Å². The number of rotatable bonds is 12. The molecular formula is C72H72N12P4. The van der Waals surface area contributed by atoms with Gasteiger partial charge in [0.25, 0.3) is 0 Å². The van der Waals surface area contributed by atoms with E-state index in [4.69, 9.17) is 59.8 Å². The summed E-state index contributed by atoms with van der Waals surface area (Å²) in [6.07, 6.45) is 0. The Hall–Kier alpha value is -8.48. The van der Waals surface area contributed by atoms with Crippen LogP contribution in [0, 0.1) is 83.1 Å². The monoisotopic (exact) mass is 1230 g/mol. The van der Waals surface area contributed by atoms with E-state index in [-0.39, 0.29) is 0 Å². The van der Waals surface area contributed by atoms with Gasteiger partial charge in [-0.2, -0.15) is 0 Å². The minimum absolute atomic E-state index is 0.828. The van der Waals surface area contributed by atoms with Gasteiger partial charge < -0.3 is 0 Å². The van der Waals surface area contributed by atoms with E-state index in [1.54, 1.807) is 0 Å². The van der Waals surface area contributed by atoms with E-state index in [9.17, 15) is 0 Å². The maximum Gasteiger partial charge on any atom is 0.0756 e. The van der Waals surface area contributed by atoms with E-state index in [0.29, 0.717) is 0 Å². The molecule has 12 aromatic heterocycles. The van der Waals surface area contributed by atoms with E-state index in [2.05, 4.69) is 146 Å². The molecule has 0 aliphatic heterocycles. The van der Waals surface area contributed by atoms with E-state index >= 15 is 0 Å². The molecule has 0 saturated heterocycles. The van der Waals surface area contributed by atoms with Crippen molar-refractivity contribution in [2.75, 3.05) is 0 Å². The van der Waals surface area contributed by atoms with Crippen molar-refractivity contribution in [3.63, 3.8) is 0 Å². The number of aryl methyl sites for hydroxylation is 12. The van der Waals surface area contributed by atoms with Gasteiger partial charge in [0.05, 0.1) is 65.2 Å². The first-order valence-electron chi connectivity index (χ1n) is 29.0. The van der Waals surface area contributed by atoms with Crippen molar-refractivity contribution in [1.29, 1.82) is 0 Å². The lowest BCUT2D eigenvalue weighted by atomic mass is 10.4. The van der Waals surface area contributed by atoms with Gasteiger partial charge in [-0.15, -0.1) is 0 Å². The van der Waals surface area contributed by atoms with Gasteiger partial charge in [-0.05, 0) is 229 Å².